The topological polar surface area (TPSA) is 20.3 Å². The number of benzene rings is 1. The highest BCUT2D eigenvalue weighted by Crippen LogP contribution is 2.12. The van der Waals surface area contributed by atoms with E-state index in [1.54, 1.807) is 6.92 Å². The summed E-state index contributed by atoms with van der Waals surface area (Å²) in [4.78, 5) is 13.2. The second kappa shape index (κ2) is 4.80. The number of ketones is 1. The number of nitrogens with zero attached hydrogens (tertiary/aromatic N) is 1. The number of hydrogen-bond donors (Lipinski definition) is 0. The van der Waals surface area contributed by atoms with Gasteiger partial charge in [-0.3, -0.25) is 4.79 Å². The van der Waals surface area contributed by atoms with E-state index in [4.69, 9.17) is 0 Å². The summed E-state index contributed by atoms with van der Waals surface area (Å²) >= 11 is 0. The Bertz CT molecular complexity index is 294. The highest BCUT2D eigenvalue weighted by atomic mass is 16.1. The van der Waals surface area contributed by atoms with Gasteiger partial charge in [0.2, 0.25) is 0 Å². The Hall–Kier alpha value is -1.31. The minimum absolute atomic E-state index is 0.0974. The van der Waals surface area contributed by atoms with E-state index in [1.165, 1.54) is 0 Å². The Kier molecular flexibility index (Phi) is 3.69. The van der Waals surface area contributed by atoms with E-state index in [9.17, 15) is 4.79 Å². The maximum Gasteiger partial charge on any atom is 0.134 e. The number of carbonyl (C=O) groups excluding carboxylic acids is 1. The third kappa shape index (κ3) is 2.87. The number of Topliss-reactive ketones (excluding diaryl/α,β-unsaturated/α-hetero) is 1. The molecule has 1 aromatic rings. The lowest BCUT2D eigenvalue weighted by Crippen LogP contribution is -2.27. The van der Waals surface area contributed by atoms with Crippen LogP contribution in [0.1, 0.15) is 13.8 Å². The van der Waals surface area contributed by atoms with Crippen LogP contribution in [0.2, 0.25) is 0 Å². The number of hydrogen-bond acceptors (Lipinski definition) is 2. The molecule has 0 heterocycles. The molecule has 1 rings (SSSR count). The predicted molar refractivity (Wildman–Crippen MR) is 59.6 cm³/mol. The number of anilines is 1. The van der Waals surface area contributed by atoms with Gasteiger partial charge in [-0.15, -0.1) is 0 Å². The number of carbonyl (C=O) groups is 1. The molecular formula is C12H17NO. The zero-order valence-electron chi connectivity index (χ0n) is 9.03. The van der Waals surface area contributed by atoms with Crippen LogP contribution in [0.3, 0.4) is 0 Å². The quantitative estimate of drug-likeness (QED) is 0.728. The summed E-state index contributed by atoms with van der Waals surface area (Å²) in [5.74, 6) is 0.341. The van der Waals surface area contributed by atoms with Crippen LogP contribution in [-0.2, 0) is 4.79 Å². The van der Waals surface area contributed by atoms with Crippen molar-refractivity contribution in [3.05, 3.63) is 30.3 Å². The van der Waals surface area contributed by atoms with Gasteiger partial charge in [-0.25, -0.2) is 0 Å². The summed E-state index contributed by atoms with van der Waals surface area (Å²) in [6, 6.07) is 10.1. The molecule has 0 saturated heterocycles. The number of rotatable bonds is 4. The first kappa shape index (κ1) is 10.8. The van der Waals surface area contributed by atoms with Crippen LogP contribution in [0.25, 0.3) is 0 Å². The lowest BCUT2D eigenvalue weighted by Gasteiger charge is -2.21. The largest absolute Gasteiger partial charge is 0.374 e. The summed E-state index contributed by atoms with van der Waals surface area (Å²) in [5.41, 5.74) is 1.15. The SMILES string of the molecule is CC(=O)C(C)CN(C)c1ccccc1. The first-order valence-corrected chi connectivity index (χ1v) is 4.88. The van der Waals surface area contributed by atoms with Gasteiger partial charge >= 0.3 is 0 Å². The lowest BCUT2D eigenvalue weighted by molar-refractivity contribution is -0.119. The van der Waals surface area contributed by atoms with Crippen molar-refractivity contribution in [2.45, 2.75) is 13.8 Å². The van der Waals surface area contributed by atoms with E-state index in [0.29, 0.717) is 0 Å². The minimum atomic E-state index is 0.0974. The fourth-order valence-electron chi connectivity index (χ4n) is 1.33. The van der Waals surface area contributed by atoms with Gasteiger partial charge in [-0.1, -0.05) is 25.1 Å². The molecule has 2 heteroatoms. The van der Waals surface area contributed by atoms with Gasteiger partial charge < -0.3 is 4.90 Å². The highest BCUT2D eigenvalue weighted by molar-refractivity contribution is 5.78. The van der Waals surface area contributed by atoms with Crippen molar-refractivity contribution in [2.75, 3.05) is 18.5 Å². The molecular weight excluding hydrogens is 174 g/mol. The molecule has 0 amide bonds. The van der Waals surface area contributed by atoms with E-state index in [-0.39, 0.29) is 11.7 Å². The monoisotopic (exact) mass is 191 g/mol. The van der Waals surface area contributed by atoms with Crippen LogP contribution >= 0.6 is 0 Å². The van der Waals surface area contributed by atoms with E-state index in [0.717, 1.165) is 12.2 Å². The first-order chi connectivity index (χ1) is 6.61. The van der Waals surface area contributed by atoms with Crippen molar-refractivity contribution in [1.29, 1.82) is 0 Å². The Morgan fingerprint density at radius 3 is 2.43 bits per heavy atom. The molecule has 0 aliphatic rings. The van der Waals surface area contributed by atoms with E-state index in [2.05, 4.69) is 4.90 Å². The van der Waals surface area contributed by atoms with Crippen LogP contribution in [0, 0.1) is 5.92 Å². The van der Waals surface area contributed by atoms with Gasteiger partial charge in [0, 0.05) is 25.2 Å². The van der Waals surface area contributed by atoms with Crippen LogP contribution in [0.4, 0.5) is 5.69 Å². The van der Waals surface area contributed by atoms with E-state index >= 15 is 0 Å². The highest BCUT2D eigenvalue weighted by Gasteiger charge is 2.10. The van der Waals surface area contributed by atoms with Crippen molar-refractivity contribution in [3.8, 4) is 0 Å². The number of para-hydroxylation sites is 1. The van der Waals surface area contributed by atoms with Crippen LogP contribution < -0.4 is 4.90 Å². The van der Waals surface area contributed by atoms with Crippen molar-refractivity contribution in [1.82, 2.24) is 0 Å². The van der Waals surface area contributed by atoms with Crippen molar-refractivity contribution >= 4 is 11.5 Å². The van der Waals surface area contributed by atoms with E-state index < -0.39 is 0 Å². The van der Waals surface area contributed by atoms with Gasteiger partial charge in [0.15, 0.2) is 0 Å². The van der Waals surface area contributed by atoms with Crippen molar-refractivity contribution < 1.29 is 4.79 Å². The molecule has 2 nitrogen and oxygen atoms in total. The zero-order chi connectivity index (χ0) is 10.6. The molecule has 0 aliphatic carbocycles. The summed E-state index contributed by atoms with van der Waals surface area (Å²) in [7, 11) is 2.01. The molecule has 1 atom stereocenters. The Morgan fingerprint density at radius 2 is 1.93 bits per heavy atom. The van der Waals surface area contributed by atoms with Crippen molar-refractivity contribution in [3.63, 3.8) is 0 Å². The van der Waals surface area contributed by atoms with Crippen LogP contribution in [0.5, 0.6) is 0 Å². The Balaban J connectivity index is 2.59. The normalized spacial score (nSPS) is 12.2. The molecule has 0 fully saturated rings. The van der Waals surface area contributed by atoms with Gasteiger partial charge in [0.1, 0.15) is 5.78 Å². The fourth-order valence-corrected chi connectivity index (χ4v) is 1.33. The second-order valence-corrected chi connectivity index (χ2v) is 3.73. The minimum Gasteiger partial charge on any atom is -0.374 e. The van der Waals surface area contributed by atoms with Crippen molar-refractivity contribution in [2.24, 2.45) is 5.92 Å². The molecule has 0 saturated carbocycles. The summed E-state index contributed by atoms with van der Waals surface area (Å²) in [5, 5.41) is 0. The third-order valence-corrected chi connectivity index (χ3v) is 2.44. The van der Waals surface area contributed by atoms with Gasteiger partial charge in [0.05, 0.1) is 0 Å². The van der Waals surface area contributed by atoms with Gasteiger partial charge in [-0.05, 0) is 19.1 Å². The summed E-state index contributed by atoms with van der Waals surface area (Å²) in [6.07, 6.45) is 0. The summed E-state index contributed by atoms with van der Waals surface area (Å²) in [6.45, 7) is 4.38. The zero-order valence-corrected chi connectivity index (χ0v) is 9.03. The molecule has 0 bridgehead atoms. The fraction of sp³-hybridized carbons (Fsp3) is 0.417. The second-order valence-electron chi connectivity index (χ2n) is 3.73. The molecule has 14 heavy (non-hydrogen) atoms. The standard InChI is InChI=1S/C12H17NO/c1-10(11(2)14)9-13(3)12-7-5-4-6-8-12/h4-8,10H,9H2,1-3H3. The molecule has 0 spiro atoms. The van der Waals surface area contributed by atoms with Crippen LogP contribution in [0.15, 0.2) is 30.3 Å². The molecule has 0 radical (unpaired) electrons. The molecule has 0 N–H and O–H groups in total. The van der Waals surface area contributed by atoms with Gasteiger partial charge in [0.25, 0.3) is 0 Å². The lowest BCUT2D eigenvalue weighted by atomic mass is 10.1. The van der Waals surface area contributed by atoms with Gasteiger partial charge in [-0.2, -0.15) is 0 Å². The maximum atomic E-state index is 11.1. The Morgan fingerprint density at radius 1 is 1.36 bits per heavy atom. The predicted octanol–water partition coefficient (Wildman–Crippen LogP) is 2.35. The average molecular weight is 191 g/mol. The molecule has 76 valence electrons. The average Bonchev–Trinajstić information content (AvgIpc) is 2.19. The van der Waals surface area contributed by atoms with Crippen LogP contribution in [-0.4, -0.2) is 19.4 Å². The molecule has 0 aliphatic heterocycles. The van der Waals surface area contributed by atoms with E-state index in [1.807, 2.05) is 44.3 Å². The molecule has 0 aromatic heterocycles. The third-order valence-electron chi connectivity index (χ3n) is 2.44. The summed E-state index contributed by atoms with van der Waals surface area (Å²) < 4.78 is 0. The Labute approximate surface area is 85.5 Å². The molecule has 1 unspecified atom stereocenters. The smallest absolute Gasteiger partial charge is 0.134 e. The molecule has 1 aromatic carbocycles. The maximum absolute atomic E-state index is 11.1. The first-order valence-electron chi connectivity index (χ1n) is 4.88.